The summed E-state index contributed by atoms with van der Waals surface area (Å²) in [7, 11) is 0. The molecule has 2 atom stereocenters. The fourth-order valence-corrected chi connectivity index (χ4v) is 4.66. The molecular weight excluding hydrogens is 445 g/mol. The molecule has 35 heavy (non-hydrogen) atoms. The average Bonchev–Trinajstić information content (AvgIpc) is 3.33. The fraction of sp³-hybridized carbons (Fsp3) is 0.333. The predicted molar refractivity (Wildman–Crippen MR) is 132 cm³/mol. The third-order valence-electron chi connectivity index (χ3n) is 6.56. The van der Waals surface area contributed by atoms with Gasteiger partial charge < -0.3 is 14.7 Å². The van der Waals surface area contributed by atoms with Crippen molar-refractivity contribution >= 4 is 22.8 Å². The number of carbonyl (C=O) groups is 1. The van der Waals surface area contributed by atoms with Crippen LogP contribution in [0.2, 0.25) is 0 Å². The summed E-state index contributed by atoms with van der Waals surface area (Å²) in [5.74, 6) is 0.304. The summed E-state index contributed by atoms with van der Waals surface area (Å²) in [6, 6.07) is 16.5. The van der Waals surface area contributed by atoms with Gasteiger partial charge in [-0.3, -0.25) is 4.79 Å². The molecular formula is C27H28FN5O2. The Morgan fingerprint density at radius 1 is 1.17 bits per heavy atom. The van der Waals surface area contributed by atoms with Gasteiger partial charge in [0, 0.05) is 24.7 Å². The van der Waals surface area contributed by atoms with Gasteiger partial charge in [0.25, 0.3) is 5.71 Å². The second-order valence-corrected chi connectivity index (χ2v) is 9.13. The SMILES string of the molecule is CC(CCc1ccccc1)NC(=O)C1CCCN(c2ncnc3onc(-c4ccc(F)cc4)c23)C1. The van der Waals surface area contributed by atoms with Crippen molar-refractivity contribution in [3.8, 4) is 11.3 Å². The molecule has 0 aliphatic carbocycles. The van der Waals surface area contributed by atoms with Crippen molar-refractivity contribution in [2.75, 3.05) is 18.0 Å². The topological polar surface area (TPSA) is 84.2 Å². The molecule has 180 valence electrons. The van der Waals surface area contributed by atoms with Crippen LogP contribution in [0.15, 0.2) is 65.4 Å². The first kappa shape index (κ1) is 23.0. The lowest BCUT2D eigenvalue weighted by Gasteiger charge is -2.33. The van der Waals surface area contributed by atoms with Crippen LogP contribution in [0.5, 0.6) is 0 Å². The molecule has 1 amide bonds. The monoisotopic (exact) mass is 473 g/mol. The molecule has 1 aliphatic rings. The van der Waals surface area contributed by atoms with Crippen LogP contribution in [0.4, 0.5) is 10.2 Å². The van der Waals surface area contributed by atoms with Crippen LogP contribution < -0.4 is 10.2 Å². The number of nitrogens with zero attached hydrogens (tertiary/aromatic N) is 4. The lowest BCUT2D eigenvalue weighted by Crippen LogP contribution is -2.45. The summed E-state index contributed by atoms with van der Waals surface area (Å²) in [6.07, 6.45) is 4.97. The van der Waals surface area contributed by atoms with Crippen LogP contribution in [0.3, 0.4) is 0 Å². The van der Waals surface area contributed by atoms with Crippen molar-refractivity contribution in [2.24, 2.45) is 5.92 Å². The summed E-state index contributed by atoms with van der Waals surface area (Å²) in [5, 5.41) is 8.06. The number of amides is 1. The van der Waals surface area contributed by atoms with Gasteiger partial charge in [0.15, 0.2) is 0 Å². The van der Waals surface area contributed by atoms with Gasteiger partial charge >= 0.3 is 0 Å². The molecule has 2 aromatic carbocycles. The van der Waals surface area contributed by atoms with E-state index in [1.165, 1.54) is 24.0 Å². The van der Waals surface area contributed by atoms with Crippen molar-refractivity contribution in [3.63, 3.8) is 0 Å². The van der Waals surface area contributed by atoms with Gasteiger partial charge in [0.2, 0.25) is 5.91 Å². The Kier molecular flexibility index (Phi) is 6.70. The third kappa shape index (κ3) is 5.16. The molecule has 1 N–H and O–H groups in total. The first-order valence-electron chi connectivity index (χ1n) is 12.0. The molecule has 3 heterocycles. The normalized spacial score (nSPS) is 16.9. The first-order chi connectivity index (χ1) is 17.1. The van der Waals surface area contributed by atoms with E-state index in [1.54, 1.807) is 12.1 Å². The zero-order valence-corrected chi connectivity index (χ0v) is 19.7. The van der Waals surface area contributed by atoms with Crippen LogP contribution in [0.25, 0.3) is 22.4 Å². The molecule has 1 fully saturated rings. The lowest BCUT2D eigenvalue weighted by atomic mass is 9.96. The number of hydrogen-bond acceptors (Lipinski definition) is 6. The van der Waals surface area contributed by atoms with Crippen LogP contribution in [0.1, 0.15) is 31.7 Å². The highest BCUT2D eigenvalue weighted by Gasteiger charge is 2.29. The Balaban J connectivity index is 1.30. The smallest absolute Gasteiger partial charge is 0.263 e. The van der Waals surface area contributed by atoms with Crippen molar-refractivity contribution in [1.29, 1.82) is 0 Å². The van der Waals surface area contributed by atoms with Gasteiger partial charge in [-0.25, -0.2) is 9.37 Å². The van der Waals surface area contributed by atoms with E-state index in [2.05, 4.69) is 44.4 Å². The Labute approximate surface area is 203 Å². The Morgan fingerprint density at radius 2 is 1.97 bits per heavy atom. The molecule has 0 bridgehead atoms. The first-order valence-corrected chi connectivity index (χ1v) is 12.0. The summed E-state index contributed by atoms with van der Waals surface area (Å²) in [5.41, 5.74) is 2.93. The number of piperidine rings is 1. The van der Waals surface area contributed by atoms with E-state index >= 15 is 0 Å². The molecule has 7 nitrogen and oxygen atoms in total. The summed E-state index contributed by atoms with van der Waals surface area (Å²) < 4.78 is 18.9. The minimum atomic E-state index is -0.319. The van der Waals surface area contributed by atoms with Gasteiger partial charge in [-0.05, 0) is 62.4 Å². The van der Waals surface area contributed by atoms with Crippen molar-refractivity contribution in [2.45, 2.75) is 38.6 Å². The number of rotatable bonds is 7. The maximum absolute atomic E-state index is 13.4. The van der Waals surface area contributed by atoms with E-state index in [1.807, 2.05) is 18.2 Å². The number of nitrogens with one attached hydrogen (secondary N) is 1. The molecule has 0 saturated carbocycles. The van der Waals surface area contributed by atoms with Crippen LogP contribution in [0, 0.1) is 11.7 Å². The molecule has 0 radical (unpaired) electrons. The maximum atomic E-state index is 13.4. The largest absolute Gasteiger partial charge is 0.355 e. The lowest BCUT2D eigenvalue weighted by molar-refractivity contribution is -0.125. The fourth-order valence-electron chi connectivity index (χ4n) is 4.66. The number of halogens is 1. The number of hydrogen-bond donors (Lipinski definition) is 1. The van der Waals surface area contributed by atoms with E-state index in [9.17, 15) is 9.18 Å². The van der Waals surface area contributed by atoms with Gasteiger partial charge in [-0.2, -0.15) is 4.98 Å². The average molecular weight is 474 g/mol. The Bertz CT molecular complexity index is 1290. The molecule has 2 aromatic heterocycles. The summed E-state index contributed by atoms with van der Waals surface area (Å²) in [4.78, 5) is 24.0. The maximum Gasteiger partial charge on any atom is 0.263 e. The highest BCUT2D eigenvalue weighted by molar-refractivity contribution is 5.98. The van der Waals surface area contributed by atoms with Gasteiger partial charge in [-0.15, -0.1) is 0 Å². The van der Waals surface area contributed by atoms with E-state index in [4.69, 9.17) is 4.52 Å². The van der Waals surface area contributed by atoms with Crippen LogP contribution in [-0.4, -0.2) is 40.2 Å². The van der Waals surface area contributed by atoms with Gasteiger partial charge in [0.05, 0.1) is 5.92 Å². The van der Waals surface area contributed by atoms with Gasteiger partial charge in [-0.1, -0.05) is 35.5 Å². The number of aryl methyl sites for hydroxylation is 1. The van der Waals surface area contributed by atoms with Crippen LogP contribution in [-0.2, 0) is 11.2 Å². The highest BCUT2D eigenvalue weighted by Crippen LogP contribution is 2.34. The van der Waals surface area contributed by atoms with Crippen LogP contribution >= 0.6 is 0 Å². The minimum Gasteiger partial charge on any atom is -0.355 e. The number of aromatic nitrogens is 3. The van der Waals surface area contributed by atoms with Crippen molar-refractivity contribution in [1.82, 2.24) is 20.4 Å². The van der Waals surface area contributed by atoms with Gasteiger partial charge in [0.1, 0.15) is 29.0 Å². The molecule has 1 saturated heterocycles. The second-order valence-electron chi connectivity index (χ2n) is 9.13. The molecule has 2 unspecified atom stereocenters. The predicted octanol–water partition coefficient (Wildman–Crippen LogP) is 4.78. The second kappa shape index (κ2) is 10.2. The van der Waals surface area contributed by atoms with E-state index in [0.717, 1.165) is 37.8 Å². The standard InChI is InChI=1S/C27H28FN5O2/c1-18(9-10-19-6-3-2-4-7-19)31-26(34)21-8-5-15-33(16-21)25-23-24(20-11-13-22(28)14-12-20)32-35-27(23)30-17-29-25/h2-4,6-7,11-14,17-18,21H,5,8-10,15-16H2,1H3,(H,31,34). The Morgan fingerprint density at radius 3 is 2.77 bits per heavy atom. The number of anilines is 1. The van der Waals surface area contributed by atoms with Crippen molar-refractivity contribution in [3.05, 3.63) is 72.3 Å². The molecule has 4 aromatic rings. The third-order valence-corrected chi connectivity index (χ3v) is 6.56. The molecule has 1 aliphatic heterocycles. The number of fused-ring (bicyclic) bond motifs is 1. The Hall–Kier alpha value is -3.81. The van der Waals surface area contributed by atoms with E-state index in [0.29, 0.717) is 29.2 Å². The summed E-state index contributed by atoms with van der Waals surface area (Å²) in [6.45, 7) is 3.38. The zero-order chi connectivity index (χ0) is 24.2. The highest BCUT2D eigenvalue weighted by atomic mass is 19.1. The quantitative estimate of drug-likeness (QED) is 0.416. The number of benzene rings is 2. The zero-order valence-electron chi connectivity index (χ0n) is 19.7. The molecule has 5 rings (SSSR count). The number of carbonyl (C=O) groups excluding carboxylic acids is 1. The van der Waals surface area contributed by atoms with E-state index < -0.39 is 0 Å². The molecule has 0 spiro atoms. The minimum absolute atomic E-state index is 0.0737. The molecule has 8 heteroatoms. The van der Waals surface area contributed by atoms with Crippen molar-refractivity contribution < 1.29 is 13.7 Å². The summed E-state index contributed by atoms with van der Waals surface area (Å²) >= 11 is 0. The van der Waals surface area contributed by atoms with E-state index in [-0.39, 0.29) is 23.7 Å².